The summed E-state index contributed by atoms with van der Waals surface area (Å²) in [5.74, 6) is 0.665. The first-order chi connectivity index (χ1) is 18.1. The summed E-state index contributed by atoms with van der Waals surface area (Å²) in [6, 6.07) is 14.0. The van der Waals surface area contributed by atoms with E-state index in [1.54, 1.807) is 20.3 Å². The summed E-state index contributed by atoms with van der Waals surface area (Å²) in [4.78, 5) is 27.9. The number of carbonyl (C=O) groups excluding carboxylic acids is 2. The molecule has 0 aliphatic carbocycles. The van der Waals surface area contributed by atoms with Crippen LogP contribution in [0.4, 0.5) is 5.69 Å². The van der Waals surface area contributed by atoms with Crippen LogP contribution >= 0.6 is 0 Å². The number of nitrogens with one attached hydrogen (secondary N) is 1. The van der Waals surface area contributed by atoms with E-state index in [4.69, 9.17) is 14.2 Å². The number of hydrogen-bond acceptors (Lipinski definition) is 7. The molecule has 0 aromatic heterocycles. The summed E-state index contributed by atoms with van der Waals surface area (Å²) in [6.07, 6.45) is 4.19. The predicted molar refractivity (Wildman–Crippen MR) is 150 cm³/mol. The van der Waals surface area contributed by atoms with Crippen LogP contribution in [0, 0.1) is 0 Å². The van der Waals surface area contributed by atoms with Gasteiger partial charge in [-0.25, -0.2) is 4.79 Å². The van der Waals surface area contributed by atoms with Crippen LogP contribution in [0.5, 0.6) is 11.5 Å². The topological polar surface area (TPSA) is 77.1 Å². The third-order valence-corrected chi connectivity index (χ3v) is 6.93. The number of Topliss-reactive ketones (excluding diaryl/α,β-unsaturated/α-hetero) is 1. The lowest BCUT2D eigenvalue weighted by Gasteiger charge is -2.35. The molecule has 1 aliphatic rings. The summed E-state index contributed by atoms with van der Waals surface area (Å²) in [6.45, 7) is 11.1. The highest BCUT2D eigenvalue weighted by Gasteiger charge is 2.35. The number of hydrogen-bond donors (Lipinski definition) is 1. The summed E-state index contributed by atoms with van der Waals surface area (Å²) >= 11 is 0. The van der Waals surface area contributed by atoms with E-state index in [1.165, 1.54) is 5.56 Å². The lowest BCUT2D eigenvalue weighted by atomic mass is 9.86. The van der Waals surface area contributed by atoms with Gasteiger partial charge < -0.3 is 24.4 Å². The fourth-order valence-corrected chi connectivity index (χ4v) is 4.53. The van der Waals surface area contributed by atoms with Crippen molar-refractivity contribution in [2.45, 2.75) is 78.3 Å². The molecule has 206 valence electrons. The Morgan fingerprint density at radius 3 is 2.32 bits per heavy atom. The Bertz CT molecular complexity index is 1130. The van der Waals surface area contributed by atoms with Crippen LogP contribution in [-0.4, -0.2) is 43.5 Å². The Balaban J connectivity index is 2.09. The van der Waals surface area contributed by atoms with Crippen LogP contribution in [0.15, 0.2) is 53.9 Å². The zero-order chi connectivity index (χ0) is 27.9. The largest absolute Gasteiger partial charge is 0.497 e. The number of anilines is 1. The lowest BCUT2D eigenvalue weighted by Crippen LogP contribution is -2.37. The van der Waals surface area contributed by atoms with E-state index < -0.39 is 5.97 Å². The predicted octanol–water partition coefficient (Wildman–Crippen LogP) is 6.22. The standard InChI is InChI=1S/C31H42N2O5/c1-8-9-10-11-21(2)33(19-22-12-14-23(15-13-22)31(3,4)5)29(28-26(34)20-38-30(28)35)32-25-17-16-24(36-6)18-27(25)37-7/h12-18,21,32H,8-11,19-20H2,1-7H3. The van der Waals surface area contributed by atoms with Crippen molar-refractivity contribution in [1.29, 1.82) is 0 Å². The Kier molecular flexibility index (Phi) is 9.84. The van der Waals surface area contributed by atoms with Gasteiger partial charge in [0.05, 0.1) is 19.9 Å². The van der Waals surface area contributed by atoms with E-state index in [9.17, 15) is 9.59 Å². The molecule has 1 N–H and O–H groups in total. The quantitative estimate of drug-likeness (QED) is 0.153. The molecule has 0 spiro atoms. The number of methoxy groups -OCH3 is 2. The number of unbranched alkanes of at least 4 members (excludes halogenated alkanes) is 2. The third kappa shape index (κ3) is 7.09. The SMILES string of the molecule is CCCCCC(C)N(Cc1ccc(C(C)(C)C)cc1)C(Nc1ccc(OC)cc1OC)=C1C(=O)COC1=O. The molecule has 3 rings (SSSR count). The highest BCUT2D eigenvalue weighted by molar-refractivity contribution is 6.22. The molecular weight excluding hydrogens is 480 g/mol. The first kappa shape index (κ1) is 29.1. The highest BCUT2D eigenvalue weighted by Crippen LogP contribution is 2.33. The van der Waals surface area contributed by atoms with Gasteiger partial charge in [-0.15, -0.1) is 0 Å². The molecule has 0 saturated carbocycles. The van der Waals surface area contributed by atoms with E-state index in [2.05, 4.69) is 69.1 Å². The summed E-state index contributed by atoms with van der Waals surface area (Å²) in [5.41, 5.74) is 3.04. The Hall–Kier alpha value is -3.48. The number of ketones is 1. The van der Waals surface area contributed by atoms with E-state index in [1.807, 2.05) is 12.1 Å². The van der Waals surface area contributed by atoms with Gasteiger partial charge in [-0.2, -0.15) is 0 Å². The number of esters is 1. The van der Waals surface area contributed by atoms with E-state index in [-0.39, 0.29) is 29.4 Å². The van der Waals surface area contributed by atoms with Crippen molar-refractivity contribution in [1.82, 2.24) is 4.90 Å². The Morgan fingerprint density at radius 2 is 1.76 bits per heavy atom. The number of carbonyl (C=O) groups is 2. The second-order valence-corrected chi connectivity index (χ2v) is 10.8. The lowest BCUT2D eigenvalue weighted by molar-refractivity contribution is -0.135. The molecule has 1 atom stereocenters. The van der Waals surface area contributed by atoms with Crippen LogP contribution in [0.3, 0.4) is 0 Å². The van der Waals surface area contributed by atoms with Crippen molar-refractivity contribution in [2.24, 2.45) is 0 Å². The van der Waals surface area contributed by atoms with Crippen LogP contribution < -0.4 is 14.8 Å². The maximum absolute atomic E-state index is 12.9. The molecule has 0 amide bonds. The fourth-order valence-electron chi connectivity index (χ4n) is 4.53. The molecule has 2 aromatic carbocycles. The van der Waals surface area contributed by atoms with Crippen molar-refractivity contribution in [3.05, 3.63) is 65.0 Å². The maximum Gasteiger partial charge on any atom is 0.346 e. The minimum atomic E-state index is -0.612. The normalized spacial score (nSPS) is 15.7. The van der Waals surface area contributed by atoms with Crippen LogP contribution in [0.25, 0.3) is 0 Å². The van der Waals surface area contributed by atoms with Gasteiger partial charge in [0, 0.05) is 18.7 Å². The molecule has 1 fully saturated rings. The molecule has 1 heterocycles. The molecule has 0 radical (unpaired) electrons. The number of ether oxygens (including phenoxy) is 3. The second-order valence-electron chi connectivity index (χ2n) is 10.8. The average molecular weight is 523 g/mol. The number of benzene rings is 2. The fraction of sp³-hybridized carbons (Fsp3) is 0.484. The Morgan fingerprint density at radius 1 is 1.05 bits per heavy atom. The van der Waals surface area contributed by atoms with Gasteiger partial charge >= 0.3 is 5.97 Å². The zero-order valence-electron chi connectivity index (χ0n) is 23.8. The summed E-state index contributed by atoms with van der Waals surface area (Å²) in [5, 5.41) is 3.38. The van der Waals surface area contributed by atoms with Gasteiger partial charge in [0.2, 0.25) is 5.78 Å². The van der Waals surface area contributed by atoms with Crippen molar-refractivity contribution < 1.29 is 23.8 Å². The number of nitrogens with zero attached hydrogens (tertiary/aromatic N) is 1. The molecule has 1 saturated heterocycles. The van der Waals surface area contributed by atoms with Gasteiger partial charge in [0.25, 0.3) is 0 Å². The highest BCUT2D eigenvalue weighted by atomic mass is 16.5. The van der Waals surface area contributed by atoms with Gasteiger partial charge in [0.15, 0.2) is 6.61 Å². The van der Waals surface area contributed by atoms with E-state index >= 15 is 0 Å². The molecule has 7 heteroatoms. The molecule has 1 unspecified atom stereocenters. The van der Waals surface area contributed by atoms with Gasteiger partial charge in [-0.1, -0.05) is 71.2 Å². The number of cyclic esters (lactones) is 1. The maximum atomic E-state index is 12.9. The third-order valence-electron chi connectivity index (χ3n) is 6.93. The molecular formula is C31H42N2O5. The van der Waals surface area contributed by atoms with E-state index in [0.717, 1.165) is 31.2 Å². The first-order valence-electron chi connectivity index (χ1n) is 13.4. The monoisotopic (exact) mass is 522 g/mol. The average Bonchev–Trinajstić information content (AvgIpc) is 3.23. The number of rotatable bonds is 12. The van der Waals surface area contributed by atoms with Gasteiger partial charge in [0.1, 0.15) is 22.9 Å². The summed E-state index contributed by atoms with van der Waals surface area (Å²) in [7, 11) is 3.16. The summed E-state index contributed by atoms with van der Waals surface area (Å²) < 4.78 is 16.1. The zero-order valence-corrected chi connectivity index (χ0v) is 23.8. The molecule has 38 heavy (non-hydrogen) atoms. The van der Waals surface area contributed by atoms with Gasteiger partial charge in [-0.3, -0.25) is 4.79 Å². The Labute approximate surface area is 227 Å². The van der Waals surface area contributed by atoms with Crippen molar-refractivity contribution >= 4 is 17.4 Å². The van der Waals surface area contributed by atoms with Crippen molar-refractivity contribution in [3.8, 4) is 11.5 Å². The second kappa shape index (κ2) is 12.9. The van der Waals surface area contributed by atoms with Crippen LogP contribution in [0.2, 0.25) is 0 Å². The molecule has 0 bridgehead atoms. The minimum absolute atomic E-state index is 0.0384. The van der Waals surface area contributed by atoms with Crippen molar-refractivity contribution in [2.75, 3.05) is 26.1 Å². The molecule has 2 aromatic rings. The van der Waals surface area contributed by atoms with Crippen LogP contribution in [-0.2, 0) is 26.3 Å². The minimum Gasteiger partial charge on any atom is -0.497 e. The smallest absolute Gasteiger partial charge is 0.346 e. The van der Waals surface area contributed by atoms with Crippen LogP contribution in [0.1, 0.15) is 71.4 Å². The van der Waals surface area contributed by atoms with Crippen molar-refractivity contribution in [3.63, 3.8) is 0 Å². The molecule has 7 nitrogen and oxygen atoms in total. The molecule has 1 aliphatic heterocycles. The van der Waals surface area contributed by atoms with E-state index in [0.29, 0.717) is 29.6 Å². The van der Waals surface area contributed by atoms with Gasteiger partial charge in [-0.05, 0) is 42.0 Å². The first-order valence-corrected chi connectivity index (χ1v) is 13.4.